The first kappa shape index (κ1) is 13.7. The second-order valence-electron chi connectivity index (χ2n) is 3.49. The zero-order chi connectivity index (χ0) is 12.8. The van der Waals surface area contributed by atoms with E-state index in [1.54, 1.807) is 18.2 Å². The van der Waals surface area contributed by atoms with Crippen LogP contribution in [-0.2, 0) is 0 Å². The van der Waals surface area contributed by atoms with E-state index in [0.717, 1.165) is 11.1 Å². The van der Waals surface area contributed by atoms with E-state index in [1.165, 1.54) is 6.07 Å². The second kappa shape index (κ2) is 6.41. The third kappa shape index (κ3) is 3.57. The molecule has 0 aliphatic rings. The van der Waals surface area contributed by atoms with Gasteiger partial charge in [-0.25, -0.2) is 4.39 Å². The van der Waals surface area contributed by atoms with Crippen molar-refractivity contribution in [1.82, 2.24) is 0 Å². The quantitative estimate of drug-likeness (QED) is 0.629. The number of hydrogen-bond donors (Lipinski definition) is 0. The highest BCUT2D eigenvalue weighted by atomic mass is 35.5. The molecule has 2 aromatic rings. The summed E-state index contributed by atoms with van der Waals surface area (Å²) in [6, 6.07) is 12.4. The van der Waals surface area contributed by atoms with Gasteiger partial charge in [-0.2, -0.15) is 0 Å². The van der Waals surface area contributed by atoms with E-state index in [2.05, 4.69) is 0 Å². The summed E-state index contributed by atoms with van der Waals surface area (Å²) in [5.74, 6) is -0.197. The summed E-state index contributed by atoms with van der Waals surface area (Å²) in [7, 11) is 0. The fraction of sp³-hybridized carbons (Fsp3) is 0.200. The highest BCUT2D eigenvalue weighted by Crippen LogP contribution is 2.24. The molecule has 2 aromatic carbocycles. The smallest absolute Gasteiger partial charge is 0.131 e. The van der Waals surface area contributed by atoms with Crippen LogP contribution in [-0.4, -0.2) is 0 Å². The molecule has 0 unspecified atom stereocenters. The summed E-state index contributed by atoms with van der Waals surface area (Å²) in [6.45, 7) is 5.87. The van der Waals surface area contributed by atoms with Gasteiger partial charge in [-0.3, -0.25) is 0 Å². The van der Waals surface area contributed by atoms with E-state index in [0.29, 0.717) is 10.6 Å². The van der Waals surface area contributed by atoms with Crippen LogP contribution in [0.15, 0.2) is 42.5 Å². The summed E-state index contributed by atoms with van der Waals surface area (Å²) < 4.78 is 13.6. The van der Waals surface area contributed by atoms with E-state index in [4.69, 9.17) is 11.6 Å². The molecule has 2 heteroatoms. The van der Waals surface area contributed by atoms with Crippen molar-refractivity contribution in [2.45, 2.75) is 20.8 Å². The predicted octanol–water partition coefficient (Wildman–Crippen LogP) is 5.48. The van der Waals surface area contributed by atoms with Gasteiger partial charge in [0.05, 0.1) is 0 Å². The van der Waals surface area contributed by atoms with Gasteiger partial charge in [0, 0.05) is 10.6 Å². The van der Waals surface area contributed by atoms with Crippen molar-refractivity contribution in [3.05, 3.63) is 58.9 Å². The molecule has 0 amide bonds. The largest absolute Gasteiger partial charge is 0.206 e. The standard InChI is InChI=1S/C13H10ClF.C2H6/c1-9-2-7-12(13(15)8-9)10-3-5-11(14)6-4-10;1-2/h2-8H,1H3;1-2H3. The van der Waals surface area contributed by atoms with Gasteiger partial charge in [0.2, 0.25) is 0 Å². The molecule has 0 N–H and O–H groups in total. The van der Waals surface area contributed by atoms with Crippen molar-refractivity contribution in [1.29, 1.82) is 0 Å². The Labute approximate surface area is 107 Å². The summed E-state index contributed by atoms with van der Waals surface area (Å²) in [5, 5.41) is 0.659. The average molecular weight is 251 g/mol. The average Bonchev–Trinajstić information content (AvgIpc) is 2.33. The molecule has 0 saturated heterocycles. The number of rotatable bonds is 1. The molecule has 0 spiro atoms. The number of benzene rings is 2. The summed E-state index contributed by atoms with van der Waals surface area (Å²) in [6.07, 6.45) is 0. The fourth-order valence-electron chi connectivity index (χ4n) is 1.48. The minimum atomic E-state index is -0.197. The van der Waals surface area contributed by atoms with Crippen LogP contribution in [0.2, 0.25) is 5.02 Å². The van der Waals surface area contributed by atoms with E-state index in [1.807, 2.05) is 39.0 Å². The van der Waals surface area contributed by atoms with Gasteiger partial charge in [0.1, 0.15) is 5.82 Å². The molecule has 0 fully saturated rings. The van der Waals surface area contributed by atoms with Gasteiger partial charge in [-0.1, -0.05) is 49.7 Å². The van der Waals surface area contributed by atoms with Crippen molar-refractivity contribution in [3.63, 3.8) is 0 Å². The Hall–Kier alpha value is -1.34. The lowest BCUT2D eigenvalue weighted by Crippen LogP contribution is -1.85. The van der Waals surface area contributed by atoms with Gasteiger partial charge < -0.3 is 0 Å². The predicted molar refractivity (Wildman–Crippen MR) is 72.9 cm³/mol. The van der Waals surface area contributed by atoms with Crippen LogP contribution >= 0.6 is 11.6 Å². The van der Waals surface area contributed by atoms with Gasteiger partial charge in [0.15, 0.2) is 0 Å². The molecule has 0 atom stereocenters. The van der Waals surface area contributed by atoms with Gasteiger partial charge in [-0.05, 0) is 36.2 Å². The molecule has 0 aliphatic carbocycles. The van der Waals surface area contributed by atoms with Crippen molar-refractivity contribution in [2.75, 3.05) is 0 Å². The molecule has 0 heterocycles. The topological polar surface area (TPSA) is 0 Å². The maximum atomic E-state index is 13.6. The molecule has 0 aromatic heterocycles. The summed E-state index contributed by atoms with van der Waals surface area (Å²) in [4.78, 5) is 0. The Morgan fingerprint density at radius 2 is 1.53 bits per heavy atom. The maximum Gasteiger partial charge on any atom is 0.131 e. The molecule has 2 rings (SSSR count). The molecule has 90 valence electrons. The van der Waals surface area contributed by atoms with E-state index >= 15 is 0 Å². The highest BCUT2D eigenvalue weighted by molar-refractivity contribution is 6.30. The lowest BCUT2D eigenvalue weighted by Gasteiger charge is -2.04. The van der Waals surface area contributed by atoms with Crippen molar-refractivity contribution < 1.29 is 4.39 Å². The third-order valence-electron chi connectivity index (χ3n) is 2.28. The summed E-state index contributed by atoms with van der Waals surface area (Å²) >= 11 is 5.77. The molecule has 0 radical (unpaired) electrons. The van der Waals surface area contributed by atoms with Crippen molar-refractivity contribution >= 4 is 11.6 Å². The van der Waals surface area contributed by atoms with Crippen LogP contribution in [0, 0.1) is 12.7 Å². The minimum absolute atomic E-state index is 0.197. The first-order chi connectivity index (χ1) is 8.16. The lowest BCUT2D eigenvalue weighted by atomic mass is 10.0. The zero-order valence-electron chi connectivity index (χ0n) is 10.3. The normalized spacial score (nSPS) is 9.47. The first-order valence-corrected chi connectivity index (χ1v) is 6.07. The second-order valence-corrected chi connectivity index (χ2v) is 3.93. The Morgan fingerprint density at radius 3 is 2.06 bits per heavy atom. The molecule has 0 saturated carbocycles. The highest BCUT2D eigenvalue weighted by Gasteiger charge is 2.04. The molecule has 17 heavy (non-hydrogen) atoms. The van der Waals surface area contributed by atoms with E-state index in [-0.39, 0.29) is 5.82 Å². The monoisotopic (exact) mass is 250 g/mol. The molecular weight excluding hydrogens is 235 g/mol. The molecular formula is C15H16ClF. The first-order valence-electron chi connectivity index (χ1n) is 5.69. The van der Waals surface area contributed by atoms with Crippen molar-refractivity contribution in [2.24, 2.45) is 0 Å². The Morgan fingerprint density at radius 1 is 0.941 bits per heavy atom. The number of aryl methyl sites for hydroxylation is 1. The van der Waals surface area contributed by atoms with Crippen LogP contribution in [0.4, 0.5) is 4.39 Å². The van der Waals surface area contributed by atoms with Crippen LogP contribution in [0.25, 0.3) is 11.1 Å². The third-order valence-corrected chi connectivity index (χ3v) is 2.53. The Balaban J connectivity index is 0.000000686. The minimum Gasteiger partial charge on any atom is -0.206 e. The zero-order valence-corrected chi connectivity index (χ0v) is 11.1. The summed E-state index contributed by atoms with van der Waals surface area (Å²) in [5.41, 5.74) is 2.37. The van der Waals surface area contributed by atoms with E-state index in [9.17, 15) is 4.39 Å². The number of halogens is 2. The maximum absolute atomic E-state index is 13.6. The van der Waals surface area contributed by atoms with E-state index < -0.39 is 0 Å². The van der Waals surface area contributed by atoms with Crippen molar-refractivity contribution in [3.8, 4) is 11.1 Å². The fourth-order valence-corrected chi connectivity index (χ4v) is 1.61. The Bertz CT molecular complexity index is 475. The van der Waals surface area contributed by atoms with Crippen LogP contribution in [0.1, 0.15) is 19.4 Å². The molecule has 0 nitrogen and oxygen atoms in total. The molecule has 0 bridgehead atoms. The van der Waals surface area contributed by atoms with Gasteiger partial charge >= 0.3 is 0 Å². The lowest BCUT2D eigenvalue weighted by molar-refractivity contribution is 0.630. The van der Waals surface area contributed by atoms with Crippen LogP contribution < -0.4 is 0 Å². The Kier molecular flexibility index (Phi) is 5.17. The number of hydrogen-bond acceptors (Lipinski definition) is 0. The van der Waals surface area contributed by atoms with Gasteiger partial charge in [-0.15, -0.1) is 0 Å². The van der Waals surface area contributed by atoms with Crippen LogP contribution in [0.5, 0.6) is 0 Å². The SMILES string of the molecule is CC.Cc1ccc(-c2ccc(Cl)cc2)c(F)c1. The van der Waals surface area contributed by atoms with Gasteiger partial charge in [0.25, 0.3) is 0 Å². The van der Waals surface area contributed by atoms with Crippen LogP contribution in [0.3, 0.4) is 0 Å². The molecule has 0 aliphatic heterocycles.